The molecule has 0 bridgehead atoms. The van der Waals surface area contributed by atoms with E-state index in [0.717, 1.165) is 30.5 Å². The number of halogens is 1. The van der Waals surface area contributed by atoms with Crippen LogP contribution >= 0.6 is 0 Å². The smallest absolute Gasteiger partial charge is 0.127 e. The van der Waals surface area contributed by atoms with E-state index in [9.17, 15) is 4.39 Å². The van der Waals surface area contributed by atoms with Crippen LogP contribution in [0.2, 0.25) is 0 Å². The lowest BCUT2D eigenvalue weighted by atomic mass is 10.0. The Kier molecular flexibility index (Phi) is 3.72. The molecule has 1 heterocycles. The average Bonchev–Trinajstić information content (AvgIpc) is 3.07. The highest BCUT2D eigenvalue weighted by atomic mass is 19.1. The van der Waals surface area contributed by atoms with Gasteiger partial charge in [0.2, 0.25) is 0 Å². The highest BCUT2D eigenvalue weighted by Crippen LogP contribution is 2.38. The minimum Gasteiger partial charge on any atom is -0.310 e. The molecule has 3 fully saturated rings. The van der Waals surface area contributed by atoms with E-state index in [1.165, 1.54) is 50.8 Å². The third-order valence-electron chi connectivity index (χ3n) is 5.48. The monoisotopic (exact) mass is 288 g/mol. The number of benzene rings is 1. The van der Waals surface area contributed by atoms with Gasteiger partial charge in [-0.25, -0.2) is 4.39 Å². The van der Waals surface area contributed by atoms with Gasteiger partial charge in [-0.1, -0.05) is 18.6 Å². The lowest BCUT2D eigenvalue weighted by Gasteiger charge is -2.18. The van der Waals surface area contributed by atoms with E-state index < -0.39 is 0 Å². The summed E-state index contributed by atoms with van der Waals surface area (Å²) in [4.78, 5) is 2.46. The molecule has 1 N–H and O–H groups in total. The minimum absolute atomic E-state index is 0.0396. The van der Waals surface area contributed by atoms with Crippen LogP contribution in [0.25, 0.3) is 0 Å². The molecular weight excluding hydrogens is 263 g/mol. The Hall–Kier alpha value is -0.930. The van der Waals surface area contributed by atoms with E-state index in [4.69, 9.17) is 0 Å². The number of hydrogen-bond acceptors (Lipinski definition) is 2. The SMILES string of the molecule is Fc1ccc(CNC2CC2)cc1CN1CC2CCCC2C1. The predicted molar refractivity (Wildman–Crippen MR) is 82.4 cm³/mol. The van der Waals surface area contributed by atoms with Gasteiger partial charge in [-0.15, -0.1) is 0 Å². The molecule has 2 aliphatic carbocycles. The molecular formula is C18H25FN2. The molecule has 2 nitrogen and oxygen atoms in total. The van der Waals surface area contributed by atoms with Crippen LogP contribution in [0.15, 0.2) is 18.2 Å². The quantitative estimate of drug-likeness (QED) is 0.894. The van der Waals surface area contributed by atoms with Gasteiger partial charge >= 0.3 is 0 Å². The van der Waals surface area contributed by atoms with Crippen LogP contribution in [0, 0.1) is 17.7 Å². The van der Waals surface area contributed by atoms with Gasteiger partial charge in [0.25, 0.3) is 0 Å². The van der Waals surface area contributed by atoms with Crippen LogP contribution in [0.4, 0.5) is 4.39 Å². The maximum atomic E-state index is 14.1. The highest BCUT2D eigenvalue weighted by molar-refractivity contribution is 5.25. The van der Waals surface area contributed by atoms with Crippen molar-refractivity contribution in [2.45, 2.75) is 51.2 Å². The summed E-state index contributed by atoms with van der Waals surface area (Å²) in [5, 5.41) is 3.51. The second-order valence-electron chi connectivity index (χ2n) is 7.23. The van der Waals surface area contributed by atoms with Crippen LogP contribution < -0.4 is 5.32 Å². The summed E-state index contributed by atoms with van der Waals surface area (Å²) in [6, 6.07) is 6.35. The summed E-state index contributed by atoms with van der Waals surface area (Å²) in [5.74, 6) is 1.72. The van der Waals surface area contributed by atoms with Gasteiger partial charge < -0.3 is 5.32 Å². The van der Waals surface area contributed by atoms with Crippen molar-refractivity contribution in [2.24, 2.45) is 11.8 Å². The van der Waals surface area contributed by atoms with Gasteiger partial charge in [-0.3, -0.25) is 4.90 Å². The highest BCUT2D eigenvalue weighted by Gasteiger charge is 2.35. The molecule has 2 unspecified atom stereocenters. The Labute approximate surface area is 126 Å². The molecule has 2 atom stereocenters. The van der Waals surface area contributed by atoms with E-state index >= 15 is 0 Å². The first kappa shape index (κ1) is 13.7. The standard InChI is InChI=1S/C18H25FN2/c19-18-7-4-13(9-20-17-5-6-17)8-16(18)12-21-10-14-2-1-3-15(14)11-21/h4,7-8,14-15,17,20H,1-3,5-6,9-12H2. The van der Waals surface area contributed by atoms with E-state index in [1.54, 1.807) is 6.07 Å². The largest absolute Gasteiger partial charge is 0.310 e. The Morgan fingerprint density at radius 2 is 1.86 bits per heavy atom. The number of rotatable bonds is 5. The summed E-state index contributed by atoms with van der Waals surface area (Å²) >= 11 is 0. The van der Waals surface area contributed by atoms with Crippen molar-refractivity contribution < 1.29 is 4.39 Å². The second kappa shape index (κ2) is 5.69. The van der Waals surface area contributed by atoms with E-state index in [1.807, 2.05) is 6.07 Å². The average molecular weight is 288 g/mol. The maximum Gasteiger partial charge on any atom is 0.127 e. The molecule has 114 valence electrons. The molecule has 3 heteroatoms. The van der Waals surface area contributed by atoms with Gasteiger partial charge in [0.15, 0.2) is 0 Å². The molecule has 4 rings (SSSR count). The Morgan fingerprint density at radius 1 is 1.10 bits per heavy atom. The molecule has 21 heavy (non-hydrogen) atoms. The van der Waals surface area contributed by atoms with Crippen molar-refractivity contribution in [2.75, 3.05) is 13.1 Å². The normalized spacial score (nSPS) is 29.0. The molecule has 1 aromatic rings. The molecule has 0 spiro atoms. The van der Waals surface area contributed by atoms with Crippen LogP contribution in [-0.4, -0.2) is 24.0 Å². The minimum atomic E-state index is -0.0396. The number of hydrogen-bond donors (Lipinski definition) is 1. The van der Waals surface area contributed by atoms with Gasteiger partial charge in [0.1, 0.15) is 5.82 Å². The molecule has 2 saturated carbocycles. The van der Waals surface area contributed by atoms with Crippen molar-refractivity contribution in [1.82, 2.24) is 10.2 Å². The van der Waals surface area contributed by atoms with Crippen LogP contribution in [-0.2, 0) is 13.1 Å². The van der Waals surface area contributed by atoms with Gasteiger partial charge in [0.05, 0.1) is 0 Å². The third-order valence-corrected chi connectivity index (χ3v) is 5.48. The van der Waals surface area contributed by atoms with E-state index in [0.29, 0.717) is 6.04 Å². The van der Waals surface area contributed by atoms with E-state index in [-0.39, 0.29) is 5.82 Å². The Morgan fingerprint density at radius 3 is 2.57 bits per heavy atom. The van der Waals surface area contributed by atoms with E-state index in [2.05, 4.69) is 16.3 Å². The van der Waals surface area contributed by atoms with Crippen LogP contribution in [0.1, 0.15) is 43.2 Å². The number of likely N-dealkylation sites (tertiary alicyclic amines) is 1. The molecule has 1 aliphatic heterocycles. The molecule has 0 radical (unpaired) electrons. The fourth-order valence-electron chi connectivity index (χ4n) is 4.11. The predicted octanol–water partition coefficient (Wildman–Crippen LogP) is 3.31. The Bertz CT molecular complexity index is 500. The lowest BCUT2D eigenvalue weighted by molar-refractivity contribution is 0.298. The van der Waals surface area contributed by atoms with Crippen molar-refractivity contribution in [3.8, 4) is 0 Å². The molecule has 1 saturated heterocycles. The van der Waals surface area contributed by atoms with Gasteiger partial charge in [0, 0.05) is 37.8 Å². The first-order chi connectivity index (χ1) is 10.3. The van der Waals surface area contributed by atoms with Crippen molar-refractivity contribution in [1.29, 1.82) is 0 Å². The van der Waals surface area contributed by atoms with Crippen molar-refractivity contribution in [3.63, 3.8) is 0 Å². The molecule has 0 amide bonds. The summed E-state index contributed by atoms with van der Waals surface area (Å²) < 4.78 is 14.1. The van der Waals surface area contributed by atoms with Crippen LogP contribution in [0.5, 0.6) is 0 Å². The second-order valence-corrected chi connectivity index (χ2v) is 7.23. The zero-order chi connectivity index (χ0) is 14.2. The molecule has 3 aliphatic rings. The molecule has 0 aromatic heterocycles. The number of fused-ring (bicyclic) bond motifs is 1. The lowest BCUT2D eigenvalue weighted by Crippen LogP contribution is -2.22. The first-order valence-electron chi connectivity index (χ1n) is 8.51. The van der Waals surface area contributed by atoms with Crippen molar-refractivity contribution in [3.05, 3.63) is 35.1 Å². The Balaban J connectivity index is 1.40. The fraction of sp³-hybridized carbons (Fsp3) is 0.667. The van der Waals surface area contributed by atoms with Gasteiger partial charge in [-0.2, -0.15) is 0 Å². The fourth-order valence-corrected chi connectivity index (χ4v) is 4.11. The van der Waals surface area contributed by atoms with Gasteiger partial charge in [-0.05, 0) is 49.1 Å². The number of nitrogens with zero attached hydrogens (tertiary/aromatic N) is 1. The van der Waals surface area contributed by atoms with Crippen LogP contribution in [0.3, 0.4) is 0 Å². The van der Waals surface area contributed by atoms with Crippen molar-refractivity contribution >= 4 is 0 Å². The zero-order valence-corrected chi connectivity index (χ0v) is 12.7. The first-order valence-corrected chi connectivity index (χ1v) is 8.51. The zero-order valence-electron chi connectivity index (χ0n) is 12.7. The topological polar surface area (TPSA) is 15.3 Å². The number of nitrogens with one attached hydrogen (secondary N) is 1. The summed E-state index contributed by atoms with van der Waals surface area (Å²) in [7, 11) is 0. The summed E-state index contributed by atoms with van der Waals surface area (Å²) in [5.41, 5.74) is 2.10. The molecule has 1 aromatic carbocycles. The summed E-state index contributed by atoms with van der Waals surface area (Å²) in [6.07, 6.45) is 6.76. The third kappa shape index (κ3) is 3.14. The maximum absolute atomic E-state index is 14.1. The summed E-state index contributed by atoms with van der Waals surface area (Å²) in [6.45, 7) is 4.02.